The van der Waals surface area contributed by atoms with Gasteiger partial charge in [-0.2, -0.15) is 4.31 Å². The second-order valence-electron chi connectivity index (χ2n) is 6.80. The number of ether oxygens (including phenoxy) is 1. The first-order valence-electron chi connectivity index (χ1n) is 8.68. The number of carbonyl (C=O) groups excluding carboxylic acids is 1. The van der Waals surface area contributed by atoms with E-state index in [1.54, 1.807) is 0 Å². The number of anilines is 1. The average molecular weight is 410 g/mol. The Hall–Kier alpha value is -1.97. The molecular weight excluding hydrogens is 386 g/mol. The zero-order valence-electron chi connectivity index (χ0n) is 15.6. The van der Waals surface area contributed by atoms with Gasteiger partial charge in [-0.3, -0.25) is 10.1 Å². The number of nitrogens with one attached hydrogen (secondary N) is 1. The van der Waals surface area contributed by atoms with Gasteiger partial charge in [0.25, 0.3) is 5.91 Å². The third-order valence-electron chi connectivity index (χ3n) is 4.33. The number of hydrogen-bond acceptors (Lipinski definition) is 6. The molecule has 0 bridgehead atoms. The Morgan fingerprint density at radius 2 is 2.04 bits per heavy atom. The molecule has 0 spiro atoms. The Morgan fingerprint density at radius 3 is 2.67 bits per heavy atom. The number of benzene rings is 1. The van der Waals surface area contributed by atoms with E-state index in [9.17, 15) is 13.2 Å². The summed E-state index contributed by atoms with van der Waals surface area (Å²) in [6.45, 7) is 4.84. The molecule has 0 saturated heterocycles. The van der Waals surface area contributed by atoms with E-state index in [0.29, 0.717) is 36.3 Å². The Kier molecular flexibility index (Phi) is 5.83. The van der Waals surface area contributed by atoms with Crippen molar-refractivity contribution in [3.63, 3.8) is 0 Å². The van der Waals surface area contributed by atoms with E-state index < -0.39 is 10.0 Å². The van der Waals surface area contributed by atoms with Crippen molar-refractivity contribution in [3.8, 4) is 5.75 Å². The number of aromatic nitrogens is 1. The lowest BCUT2D eigenvalue weighted by Crippen LogP contribution is -2.34. The van der Waals surface area contributed by atoms with Crippen LogP contribution in [0.2, 0.25) is 0 Å². The lowest BCUT2D eigenvalue weighted by atomic mass is 10.0. The summed E-state index contributed by atoms with van der Waals surface area (Å²) in [6.07, 6.45) is 1.75. The molecule has 27 heavy (non-hydrogen) atoms. The molecule has 1 aromatic heterocycles. The zero-order chi connectivity index (χ0) is 19.6. The number of rotatable bonds is 6. The second-order valence-corrected chi connectivity index (χ2v) is 9.86. The van der Waals surface area contributed by atoms with E-state index in [-0.39, 0.29) is 12.5 Å². The van der Waals surface area contributed by atoms with Crippen molar-refractivity contribution >= 4 is 32.4 Å². The summed E-state index contributed by atoms with van der Waals surface area (Å²) in [5.41, 5.74) is 2.06. The van der Waals surface area contributed by atoms with Crippen LogP contribution in [0.1, 0.15) is 35.9 Å². The maximum Gasteiger partial charge on any atom is 0.264 e. The Morgan fingerprint density at radius 1 is 1.33 bits per heavy atom. The highest BCUT2D eigenvalue weighted by Gasteiger charge is 2.26. The van der Waals surface area contributed by atoms with E-state index in [1.165, 1.54) is 27.5 Å². The molecule has 146 valence electrons. The zero-order valence-corrected chi connectivity index (χ0v) is 17.2. The predicted molar refractivity (Wildman–Crippen MR) is 106 cm³/mol. The number of fused-ring (bicyclic) bond motifs is 1. The molecule has 0 atom stereocenters. The monoisotopic (exact) mass is 409 g/mol. The maximum atomic E-state index is 12.1. The van der Waals surface area contributed by atoms with Gasteiger partial charge in [-0.05, 0) is 23.6 Å². The van der Waals surface area contributed by atoms with Crippen LogP contribution in [0.3, 0.4) is 0 Å². The van der Waals surface area contributed by atoms with Gasteiger partial charge in [0.15, 0.2) is 11.7 Å². The summed E-state index contributed by atoms with van der Waals surface area (Å²) < 4.78 is 30.3. The van der Waals surface area contributed by atoms with Crippen LogP contribution in [0.4, 0.5) is 5.13 Å². The van der Waals surface area contributed by atoms with Crippen LogP contribution in [0.15, 0.2) is 24.3 Å². The molecule has 1 aliphatic rings. The van der Waals surface area contributed by atoms with E-state index in [0.717, 1.165) is 10.6 Å². The second kappa shape index (κ2) is 7.95. The Labute approximate surface area is 163 Å². The molecule has 0 fully saturated rings. The smallest absolute Gasteiger partial charge is 0.264 e. The molecule has 0 aliphatic carbocycles. The molecule has 0 saturated carbocycles. The fraction of sp³-hybridized carbons (Fsp3) is 0.444. The predicted octanol–water partition coefficient (Wildman–Crippen LogP) is 2.60. The maximum absolute atomic E-state index is 12.1. The van der Waals surface area contributed by atoms with Crippen molar-refractivity contribution in [2.75, 3.05) is 24.7 Å². The SMILES string of the molecule is CC(C)c1ccc(OCC(=O)Nc2nc3c(s2)CN(S(C)(=O)=O)CC3)cc1. The third-order valence-corrected chi connectivity index (χ3v) is 6.58. The summed E-state index contributed by atoms with van der Waals surface area (Å²) in [5.74, 6) is 0.780. The van der Waals surface area contributed by atoms with Gasteiger partial charge in [-0.1, -0.05) is 26.0 Å². The van der Waals surface area contributed by atoms with Gasteiger partial charge >= 0.3 is 0 Å². The van der Waals surface area contributed by atoms with Crippen molar-refractivity contribution in [1.29, 1.82) is 0 Å². The van der Waals surface area contributed by atoms with E-state index in [2.05, 4.69) is 24.1 Å². The molecule has 9 heteroatoms. The first-order chi connectivity index (χ1) is 12.7. The summed E-state index contributed by atoms with van der Waals surface area (Å²) in [4.78, 5) is 17.4. The molecular formula is C18H23N3O4S2. The Balaban J connectivity index is 1.55. The molecule has 7 nitrogen and oxygen atoms in total. The Bertz CT molecular complexity index is 921. The number of sulfonamides is 1. The van der Waals surface area contributed by atoms with Crippen LogP contribution >= 0.6 is 11.3 Å². The number of amides is 1. The van der Waals surface area contributed by atoms with Crippen molar-refractivity contribution in [2.24, 2.45) is 0 Å². The lowest BCUT2D eigenvalue weighted by Gasteiger charge is -2.23. The van der Waals surface area contributed by atoms with Gasteiger partial charge in [-0.25, -0.2) is 13.4 Å². The normalized spacial score (nSPS) is 14.8. The topological polar surface area (TPSA) is 88.6 Å². The van der Waals surface area contributed by atoms with Crippen LogP contribution in [-0.4, -0.2) is 43.0 Å². The fourth-order valence-corrected chi connectivity index (χ4v) is 4.67. The quantitative estimate of drug-likeness (QED) is 0.792. The highest BCUT2D eigenvalue weighted by Crippen LogP contribution is 2.29. The van der Waals surface area contributed by atoms with Gasteiger partial charge in [0.1, 0.15) is 5.75 Å². The van der Waals surface area contributed by atoms with Gasteiger partial charge in [0.2, 0.25) is 10.0 Å². The highest BCUT2D eigenvalue weighted by atomic mass is 32.2. The minimum Gasteiger partial charge on any atom is -0.484 e. The standard InChI is InChI=1S/C18H23N3O4S2/c1-12(2)13-4-6-14(7-5-13)25-11-17(22)20-18-19-15-8-9-21(27(3,23)24)10-16(15)26-18/h4-7,12H,8-11H2,1-3H3,(H,19,20,22). The molecule has 0 unspecified atom stereocenters. The molecule has 2 heterocycles. The van der Waals surface area contributed by atoms with E-state index in [1.807, 2.05) is 24.3 Å². The van der Waals surface area contributed by atoms with Gasteiger partial charge < -0.3 is 4.74 Å². The van der Waals surface area contributed by atoms with Crippen LogP contribution < -0.4 is 10.1 Å². The molecule has 0 radical (unpaired) electrons. The molecule has 1 aliphatic heterocycles. The average Bonchev–Trinajstić information content (AvgIpc) is 3.00. The molecule has 1 N–H and O–H groups in total. The first kappa shape index (κ1) is 19.8. The van der Waals surface area contributed by atoms with Gasteiger partial charge in [0.05, 0.1) is 11.9 Å². The number of thiazole rings is 1. The van der Waals surface area contributed by atoms with Crippen LogP contribution in [0, 0.1) is 0 Å². The van der Waals surface area contributed by atoms with Crippen molar-refractivity contribution < 1.29 is 17.9 Å². The minimum absolute atomic E-state index is 0.110. The number of hydrogen-bond donors (Lipinski definition) is 1. The van der Waals surface area contributed by atoms with Gasteiger partial charge in [0, 0.05) is 24.4 Å². The van der Waals surface area contributed by atoms with Crippen LogP contribution in [-0.2, 0) is 27.8 Å². The fourth-order valence-electron chi connectivity index (χ4n) is 2.76. The number of nitrogens with zero attached hydrogens (tertiary/aromatic N) is 2. The molecule has 2 aromatic rings. The van der Waals surface area contributed by atoms with E-state index in [4.69, 9.17) is 4.74 Å². The van der Waals surface area contributed by atoms with E-state index >= 15 is 0 Å². The first-order valence-corrected chi connectivity index (χ1v) is 11.3. The van der Waals surface area contributed by atoms with Crippen molar-refractivity contribution in [3.05, 3.63) is 40.4 Å². The largest absolute Gasteiger partial charge is 0.484 e. The van der Waals surface area contributed by atoms with Crippen LogP contribution in [0.5, 0.6) is 5.75 Å². The summed E-state index contributed by atoms with van der Waals surface area (Å²) >= 11 is 1.31. The van der Waals surface area contributed by atoms with Crippen molar-refractivity contribution in [2.45, 2.75) is 32.7 Å². The van der Waals surface area contributed by atoms with Crippen molar-refractivity contribution in [1.82, 2.24) is 9.29 Å². The summed E-state index contributed by atoms with van der Waals surface area (Å²) in [5, 5.41) is 3.20. The summed E-state index contributed by atoms with van der Waals surface area (Å²) in [6, 6.07) is 7.68. The van der Waals surface area contributed by atoms with Gasteiger partial charge in [-0.15, -0.1) is 11.3 Å². The molecule has 3 rings (SSSR count). The molecule has 1 amide bonds. The van der Waals surface area contributed by atoms with Crippen LogP contribution in [0.25, 0.3) is 0 Å². The lowest BCUT2D eigenvalue weighted by molar-refractivity contribution is -0.118. The number of carbonyl (C=O) groups is 1. The minimum atomic E-state index is -3.23. The third kappa shape index (κ3) is 5.06. The highest BCUT2D eigenvalue weighted by molar-refractivity contribution is 7.88. The summed E-state index contributed by atoms with van der Waals surface area (Å²) in [7, 11) is -3.23. The molecule has 1 aromatic carbocycles.